The first-order valence-corrected chi connectivity index (χ1v) is 9.48. The number of rotatable bonds is 7. The minimum atomic E-state index is 0.530. The van der Waals surface area contributed by atoms with Gasteiger partial charge in [0.05, 0.1) is 6.54 Å². The predicted molar refractivity (Wildman–Crippen MR) is 102 cm³/mol. The molecule has 3 rings (SSSR count). The number of aromatic nitrogens is 3. The molecule has 1 aliphatic rings. The first kappa shape index (κ1) is 18.2. The standard InChI is InChI=1S/C19H28N6O/c1-2-20-19(21-12-14-26-16-9-5-3-6-10-16)22-15-18-24-23-17-11-7-4-8-13-25(17)18/h3,5-6,9-10H,2,4,7-8,11-15H2,1H3,(H2,20,21,22). The van der Waals surface area contributed by atoms with Gasteiger partial charge in [-0.1, -0.05) is 24.6 Å². The van der Waals surface area contributed by atoms with Gasteiger partial charge < -0.3 is 19.9 Å². The second kappa shape index (κ2) is 9.79. The van der Waals surface area contributed by atoms with Crippen molar-refractivity contribution in [3.8, 4) is 5.75 Å². The van der Waals surface area contributed by atoms with E-state index in [0.29, 0.717) is 19.7 Å². The topological polar surface area (TPSA) is 76.4 Å². The van der Waals surface area contributed by atoms with E-state index in [1.807, 2.05) is 30.3 Å². The van der Waals surface area contributed by atoms with Gasteiger partial charge in [0.1, 0.15) is 24.7 Å². The van der Waals surface area contributed by atoms with E-state index >= 15 is 0 Å². The first-order chi connectivity index (χ1) is 12.9. The molecule has 1 aliphatic heterocycles. The van der Waals surface area contributed by atoms with Gasteiger partial charge in [0, 0.05) is 19.5 Å². The van der Waals surface area contributed by atoms with Gasteiger partial charge in [-0.3, -0.25) is 0 Å². The van der Waals surface area contributed by atoms with Crippen molar-refractivity contribution in [3.63, 3.8) is 0 Å². The number of aliphatic imine (C=N–C) groups is 1. The summed E-state index contributed by atoms with van der Waals surface area (Å²) in [6.45, 7) is 5.65. The summed E-state index contributed by atoms with van der Waals surface area (Å²) < 4.78 is 7.94. The maximum Gasteiger partial charge on any atom is 0.191 e. The number of nitrogens with one attached hydrogen (secondary N) is 2. The predicted octanol–water partition coefficient (Wildman–Crippen LogP) is 2.14. The Kier molecular flexibility index (Phi) is 6.87. The van der Waals surface area contributed by atoms with Crippen LogP contribution in [0.1, 0.15) is 37.8 Å². The number of nitrogens with zero attached hydrogens (tertiary/aromatic N) is 4. The van der Waals surface area contributed by atoms with Crippen LogP contribution in [0.15, 0.2) is 35.3 Å². The molecule has 0 spiro atoms. The Morgan fingerprint density at radius 3 is 2.88 bits per heavy atom. The van der Waals surface area contributed by atoms with E-state index in [0.717, 1.165) is 42.9 Å². The fourth-order valence-electron chi connectivity index (χ4n) is 3.01. The molecule has 0 aliphatic carbocycles. The SMILES string of the molecule is CCNC(=NCc1nnc2n1CCCCC2)NCCOc1ccccc1. The molecule has 7 nitrogen and oxygen atoms in total. The summed E-state index contributed by atoms with van der Waals surface area (Å²) in [5, 5.41) is 15.2. The van der Waals surface area contributed by atoms with E-state index < -0.39 is 0 Å². The number of aryl methyl sites for hydroxylation is 1. The average molecular weight is 356 g/mol. The molecule has 2 aromatic rings. The maximum absolute atomic E-state index is 5.70. The summed E-state index contributed by atoms with van der Waals surface area (Å²) in [5.41, 5.74) is 0. The van der Waals surface area contributed by atoms with Crippen molar-refractivity contribution in [2.45, 2.75) is 45.7 Å². The fraction of sp³-hybridized carbons (Fsp3) is 0.526. The van der Waals surface area contributed by atoms with Crippen LogP contribution >= 0.6 is 0 Å². The maximum atomic E-state index is 5.70. The van der Waals surface area contributed by atoms with Crippen molar-refractivity contribution >= 4 is 5.96 Å². The van der Waals surface area contributed by atoms with Crippen LogP contribution in [0.2, 0.25) is 0 Å². The molecule has 0 saturated heterocycles. The molecule has 0 bridgehead atoms. The average Bonchev–Trinajstić information content (AvgIpc) is 2.90. The van der Waals surface area contributed by atoms with Crippen molar-refractivity contribution in [1.82, 2.24) is 25.4 Å². The van der Waals surface area contributed by atoms with Crippen LogP contribution < -0.4 is 15.4 Å². The van der Waals surface area contributed by atoms with Crippen molar-refractivity contribution in [2.75, 3.05) is 19.7 Å². The Bertz CT molecular complexity index is 697. The largest absolute Gasteiger partial charge is 0.492 e. The Hall–Kier alpha value is -2.57. The highest BCUT2D eigenvalue weighted by Gasteiger charge is 2.14. The number of benzene rings is 1. The molecule has 0 saturated carbocycles. The number of fused-ring (bicyclic) bond motifs is 1. The van der Waals surface area contributed by atoms with Gasteiger partial charge in [0.2, 0.25) is 0 Å². The molecule has 1 aromatic heterocycles. The van der Waals surface area contributed by atoms with E-state index in [9.17, 15) is 0 Å². The van der Waals surface area contributed by atoms with Gasteiger partial charge in [-0.15, -0.1) is 10.2 Å². The van der Waals surface area contributed by atoms with E-state index in [2.05, 4.69) is 37.3 Å². The fourth-order valence-corrected chi connectivity index (χ4v) is 3.01. The summed E-state index contributed by atoms with van der Waals surface area (Å²) >= 11 is 0. The lowest BCUT2D eigenvalue weighted by Gasteiger charge is -2.12. The highest BCUT2D eigenvalue weighted by Crippen LogP contribution is 2.14. The molecular weight excluding hydrogens is 328 g/mol. The second-order valence-electron chi connectivity index (χ2n) is 6.28. The molecule has 1 aromatic carbocycles. The normalized spacial score (nSPS) is 14.4. The smallest absolute Gasteiger partial charge is 0.191 e. The second-order valence-corrected chi connectivity index (χ2v) is 6.28. The van der Waals surface area contributed by atoms with Crippen molar-refractivity contribution in [2.24, 2.45) is 4.99 Å². The summed E-state index contributed by atoms with van der Waals surface area (Å²) in [6.07, 6.45) is 4.67. The Morgan fingerprint density at radius 2 is 2.04 bits per heavy atom. The van der Waals surface area contributed by atoms with Gasteiger partial charge >= 0.3 is 0 Å². The molecule has 0 radical (unpaired) electrons. The van der Waals surface area contributed by atoms with E-state index in [-0.39, 0.29) is 0 Å². The zero-order valence-corrected chi connectivity index (χ0v) is 15.4. The van der Waals surface area contributed by atoms with Crippen LogP contribution in [0.5, 0.6) is 5.75 Å². The Labute approximate surface area is 154 Å². The molecule has 0 unspecified atom stereocenters. The van der Waals surface area contributed by atoms with Gasteiger partial charge in [0.15, 0.2) is 11.8 Å². The quantitative estimate of drug-likeness (QED) is 0.452. The lowest BCUT2D eigenvalue weighted by Crippen LogP contribution is -2.39. The molecule has 0 amide bonds. The summed E-state index contributed by atoms with van der Waals surface area (Å²) in [6, 6.07) is 9.82. The zero-order chi connectivity index (χ0) is 18.0. The van der Waals surface area contributed by atoms with Crippen LogP contribution in [-0.4, -0.2) is 40.4 Å². The van der Waals surface area contributed by atoms with Gasteiger partial charge in [-0.2, -0.15) is 0 Å². The lowest BCUT2D eigenvalue weighted by atomic mass is 10.2. The van der Waals surface area contributed by atoms with Crippen molar-refractivity contribution in [3.05, 3.63) is 42.0 Å². The van der Waals surface area contributed by atoms with E-state index in [4.69, 9.17) is 4.74 Å². The summed E-state index contributed by atoms with van der Waals surface area (Å²) in [4.78, 5) is 4.65. The monoisotopic (exact) mass is 356 g/mol. The molecule has 7 heteroatoms. The third-order valence-corrected chi connectivity index (χ3v) is 4.32. The third kappa shape index (κ3) is 5.21. The number of hydrogen-bond acceptors (Lipinski definition) is 4. The molecule has 0 fully saturated rings. The highest BCUT2D eigenvalue weighted by atomic mass is 16.5. The highest BCUT2D eigenvalue weighted by molar-refractivity contribution is 5.79. The van der Waals surface area contributed by atoms with Crippen LogP contribution in [0, 0.1) is 0 Å². The Morgan fingerprint density at radius 1 is 1.15 bits per heavy atom. The molecule has 140 valence electrons. The van der Waals surface area contributed by atoms with Crippen LogP contribution in [0.3, 0.4) is 0 Å². The third-order valence-electron chi connectivity index (χ3n) is 4.32. The van der Waals surface area contributed by atoms with Gasteiger partial charge in [-0.05, 0) is 31.9 Å². The van der Waals surface area contributed by atoms with Gasteiger partial charge in [0.25, 0.3) is 0 Å². The van der Waals surface area contributed by atoms with Crippen molar-refractivity contribution in [1.29, 1.82) is 0 Å². The number of hydrogen-bond donors (Lipinski definition) is 2. The molecule has 2 heterocycles. The minimum Gasteiger partial charge on any atom is -0.492 e. The summed E-state index contributed by atoms with van der Waals surface area (Å²) in [7, 11) is 0. The number of ether oxygens (including phenoxy) is 1. The van der Waals surface area contributed by atoms with Gasteiger partial charge in [-0.25, -0.2) is 4.99 Å². The molecule has 0 atom stereocenters. The van der Waals surface area contributed by atoms with Crippen LogP contribution in [-0.2, 0) is 19.5 Å². The summed E-state index contributed by atoms with van der Waals surface area (Å²) in [5.74, 6) is 3.69. The molecular formula is C19H28N6O. The lowest BCUT2D eigenvalue weighted by molar-refractivity contribution is 0.322. The molecule has 26 heavy (non-hydrogen) atoms. The first-order valence-electron chi connectivity index (χ1n) is 9.48. The minimum absolute atomic E-state index is 0.530. The molecule has 2 N–H and O–H groups in total. The van der Waals surface area contributed by atoms with Crippen LogP contribution in [0.25, 0.3) is 0 Å². The zero-order valence-electron chi connectivity index (χ0n) is 15.4. The number of para-hydroxylation sites is 1. The van der Waals surface area contributed by atoms with E-state index in [1.165, 1.54) is 19.3 Å². The van der Waals surface area contributed by atoms with Crippen LogP contribution in [0.4, 0.5) is 0 Å². The Balaban J connectivity index is 1.51. The number of guanidine groups is 1. The van der Waals surface area contributed by atoms with E-state index in [1.54, 1.807) is 0 Å². The van der Waals surface area contributed by atoms with Crippen molar-refractivity contribution < 1.29 is 4.74 Å².